The van der Waals surface area contributed by atoms with Gasteiger partial charge in [-0.15, -0.1) is 0 Å². The minimum Gasteiger partial charge on any atom is -0.396 e. The van der Waals surface area contributed by atoms with Gasteiger partial charge in [-0.1, -0.05) is 39.3 Å². The number of allylic oxidation sites excluding steroid dienone is 2. The first-order valence-electron chi connectivity index (χ1n) is 14.0. The second kappa shape index (κ2) is 7.56. The van der Waals surface area contributed by atoms with Crippen LogP contribution in [0.25, 0.3) is 0 Å². The lowest BCUT2D eigenvalue weighted by Crippen LogP contribution is -2.57. The summed E-state index contributed by atoms with van der Waals surface area (Å²) in [6, 6.07) is 0. The van der Waals surface area contributed by atoms with Crippen molar-refractivity contribution in [1.29, 1.82) is 0 Å². The summed E-state index contributed by atoms with van der Waals surface area (Å²) in [5.74, 6) is 1.72. The van der Waals surface area contributed by atoms with Crippen molar-refractivity contribution in [3.05, 3.63) is 11.6 Å². The summed E-state index contributed by atoms with van der Waals surface area (Å²) in [6.07, 6.45) is 13.2. The standard InChI is InChI=1S/C30H50O3/c1-19(2)8-7-9-20(17-31)25-21(32)16-28(6)23-11-10-22-26(3,4)24(33)12-13-29(22)18-30(23,29)15-14-27(25,28)5/h8,20-25,31-33H,7,9-18H2,1-6H3. The molecule has 5 fully saturated rings. The molecule has 0 aromatic rings. The highest BCUT2D eigenvalue weighted by molar-refractivity contribution is 5.31. The molecule has 0 saturated heterocycles. The third-order valence-electron chi connectivity index (χ3n) is 13.0. The van der Waals surface area contributed by atoms with Crippen LogP contribution in [0.4, 0.5) is 0 Å². The number of hydrogen-bond donors (Lipinski definition) is 3. The summed E-state index contributed by atoms with van der Waals surface area (Å²) < 4.78 is 0. The summed E-state index contributed by atoms with van der Waals surface area (Å²) in [4.78, 5) is 0. The molecule has 5 aliphatic rings. The van der Waals surface area contributed by atoms with Crippen molar-refractivity contribution in [3.8, 4) is 0 Å². The largest absolute Gasteiger partial charge is 0.396 e. The minimum absolute atomic E-state index is 0.0268. The summed E-state index contributed by atoms with van der Waals surface area (Å²) in [7, 11) is 0. The molecule has 0 aliphatic heterocycles. The molecular weight excluding hydrogens is 408 g/mol. The van der Waals surface area contributed by atoms with Gasteiger partial charge in [0.05, 0.1) is 12.2 Å². The average molecular weight is 459 g/mol. The molecule has 0 radical (unpaired) electrons. The fraction of sp³-hybridized carbons (Fsp3) is 0.933. The molecular formula is C30H50O3. The van der Waals surface area contributed by atoms with E-state index in [1.165, 1.54) is 44.1 Å². The third-order valence-corrected chi connectivity index (χ3v) is 13.0. The Kier molecular flexibility index (Phi) is 5.57. The van der Waals surface area contributed by atoms with E-state index in [1.54, 1.807) is 0 Å². The number of aliphatic hydroxyl groups excluding tert-OH is 3. The summed E-state index contributed by atoms with van der Waals surface area (Å²) >= 11 is 0. The van der Waals surface area contributed by atoms with Gasteiger partial charge in [-0.3, -0.25) is 0 Å². The van der Waals surface area contributed by atoms with Crippen LogP contribution in [0.15, 0.2) is 11.6 Å². The van der Waals surface area contributed by atoms with E-state index in [2.05, 4.69) is 47.6 Å². The molecule has 10 unspecified atom stereocenters. The van der Waals surface area contributed by atoms with Gasteiger partial charge < -0.3 is 15.3 Å². The van der Waals surface area contributed by atoms with Crippen LogP contribution in [-0.2, 0) is 0 Å². The van der Waals surface area contributed by atoms with E-state index in [0.717, 1.165) is 25.7 Å². The van der Waals surface area contributed by atoms with E-state index in [-0.39, 0.29) is 46.9 Å². The zero-order chi connectivity index (χ0) is 24.0. The number of rotatable bonds is 5. The molecule has 3 heteroatoms. The maximum atomic E-state index is 11.5. The predicted molar refractivity (Wildman–Crippen MR) is 134 cm³/mol. The van der Waals surface area contributed by atoms with Crippen molar-refractivity contribution >= 4 is 0 Å². The van der Waals surface area contributed by atoms with Crippen molar-refractivity contribution in [2.75, 3.05) is 6.61 Å². The highest BCUT2D eigenvalue weighted by Gasteiger charge is 2.82. The number of fused-ring (bicyclic) bond motifs is 2. The smallest absolute Gasteiger partial charge is 0.0594 e. The molecule has 33 heavy (non-hydrogen) atoms. The quantitative estimate of drug-likeness (QED) is 0.435. The van der Waals surface area contributed by atoms with Gasteiger partial charge >= 0.3 is 0 Å². The Morgan fingerprint density at radius 3 is 2.24 bits per heavy atom. The SMILES string of the molecule is CC(C)=CCCC(CO)C1C(O)CC2(C)C3CCC4C(C)(C)C(O)CCC45CC35CCC12C. The zero-order valence-corrected chi connectivity index (χ0v) is 22.2. The topological polar surface area (TPSA) is 60.7 Å². The lowest BCUT2D eigenvalue weighted by atomic mass is 9.41. The fourth-order valence-electron chi connectivity index (χ4n) is 11.3. The minimum atomic E-state index is -0.295. The van der Waals surface area contributed by atoms with Gasteiger partial charge in [0.25, 0.3) is 0 Å². The Morgan fingerprint density at radius 1 is 0.909 bits per heavy atom. The summed E-state index contributed by atoms with van der Waals surface area (Å²) in [5.41, 5.74) is 2.48. The first-order valence-corrected chi connectivity index (χ1v) is 14.0. The Hall–Kier alpha value is -0.380. The summed E-state index contributed by atoms with van der Waals surface area (Å²) in [5, 5.41) is 32.8. The fourth-order valence-corrected chi connectivity index (χ4v) is 11.3. The van der Waals surface area contributed by atoms with Crippen molar-refractivity contribution in [2.45, 2.75) is 118 Å². The van der Waals surface area contributed by atoms with E-state index in [9.17, 15) is 15.3 Å². The van der Waals surface area contributed by atoms with Crippen LogP contribution in [-0.4, -0.2) is 34.1 Å². The molecule has 5 rings (SSSR count). The maximum absolute atomic E-state index is 11.5. The van der Waals surface area contributed by atoms with E-state index in [1.807, 2.05) is 0 Å². The first kappa shape index (κ1) is 24.3. The van der Waals surface area contributed by atoms with E-state index in [4.69, 9.17) is 0 Å². The molecule has 3 N–H and O–H groups in total. The second-order valence-electron chi connectivity index (χ2n) is 14.5. The molecule has 0 aromatic carbocycles. The normalized spacial score (nSPS) is 52.7. The van der Waals surface area contributed by atoms with Crippen LogP contribution in [0.5, 0.6) is 0 Å². The number of aliphatic hydroxyl groups is 3. The average Bonchev–Trinajstić information content (AvgIpc) is 3.35. The molecule has 5 aliphatic carbocycles. The second-order valence-corrected chi connectivity index (χ2v) is 14.5. The van der Waals surface area contributed by atoms with Crippen LogP contribution < -0.4 is 0 Å². The van der Waals surface area contributed by atoms with Crippen LogP contribution in [0.3, 0.4) is 0 Å². The predicted octanol–water partition coefficient (Wildman–Crippen LogP) is 6.11. The van der Waals surface area contributed by atoms with Gasteiger partial charge in [-0.2, -0.15) is 0 Å². The Labute approximate surface area is 202 Å². The van der Waals surface area contributed by atoms with Crippen LogP contribution in [0, 0.1) is 50.7 Å². The van der Waals surface area contributed by atoms with E-state index < -0.39 is 0 Å². The van der Waals surface area contributed by atoms with Crippen LogP contribution in [0.1, 0.15) is 106 Å². The Bertz CT molecular complexity index is 813. The van der Waals surface area contributed by atoms with Crippen molar-refractivity contribution in [3.63, 3.8) is 0 Å². The van der Waals surface area contributed by atoms with Gasteiger partial charge in [0, 0.05) is 6.61 Å². The summed E-state index contributed by atoms with van der Waals surface area (Å²) in [6.45, 7) is 14.2. The Morgan fingerprint density at radius 2 is 1.58 bits per heavy atom. The zero-order valence-electron chi connectivity index (χ0n) is 22.2. The van der Waals surface area contributed by atoms with E-state index >= 15 is 0 Å². The monoisotopic (exact) mass is 458 g/mol. The van der Waals surface area contributed by atoms with Gasteiger partial charge in [0.2, 0.25) is 0 Å². The van der Waals surface area contributed by atoms with Crippen molar-refractivity contribution in [1.82, 2.24) is 0 Å². The molecule has 5 saturated carbocycles. The van der Waals surface area contributed by atoms with Gasteiger partial charge in [0.15, 0.2) is 0 Å². The molecule has 0 aromatic heterocycles. The lowest BCUT2D eigenvalue weighted by molar-refractivity contribution is -0.163. The molecule has 0 bridgehead atoms. The number of hydrogen-bond acceptors (Lipinski definition) is 3. The van der Waals surface area contributed by atoms with Gasteiger partial charge in [-0.05, 0) is 129 Å². The molecule has 188 valence electrons. The maximum Gasteiger partial charge on any atom is 0.0594 e. The Balaban J connectivity index is 1.45. The molecule has 10 atom stereocenters. The molecule has 0 heterocycles. The highest BCUT2D eigenvalue weighted by Crippen LogP contribution is 2.89. The van der Waals surface area contributed by atoms with Gasteiger partial charge in [0.1, 0.15) is 0 Å². The molecule has 2 spiro atoms. The van der Waals surface area contributed by atoms with E-state index in [0.29, 0.717) is 22.7 Å². The van der Waals surface area contributed by atoms with Gasteiger partial charge in [-0.25, -0.2) is 0 Å². The first-order chi connectivity index (χ1) is 15.4. The molecule has 3 nitrogen and oxygen atoms in total. The van der Waals surface area contributed by atoms with Crippen molar-refractivity contribution in [2.24, 2.45) is 50.7 Å². The van der Waals surface area contributed by atoms with Crippen LogP contribution >= 0.6 is 0 Å². The van der Waals surface area contributed by atoms with Crippen LogP contribution in [0.2, 0.25) is 0 Å². The molecule has 0 amide bonds. The highest BCUT2D eigenvalue weighted by atomic mass is 16.3. The van der Waals surface area contributed by atoms with Crippen molar-refractivity contribution < 1.29 is 15.3 Å². The lowest BCUT2D eigenvalue weighted by Gasteiger charge is -2.63. The third kappa shape index (κ3) is 2.97.